The predicted molar refractivity (Wildman–Crippen MR) is 115 cm³/mol. The minimum absolute atomic E-state index is 0.0244. The number of hydrogen-bond acceptors (Lipinski definition) is 5. The molecule has 2 amide bonds. The number of rotatable bonds is 5. The zero-order chi connectivity index (χ0) is 25.3. The molecule has 4 heterocycles. The van der Waals surface area contributed by atoms with Gasteiger partial charge in [-0.15, -0.1) is 0 Å². The van der Waals surface area contributed by atoms with Crippen molar-refractivity contribution in [3.63, 3.8) is 0 Å². The molecule has 184 valence electrons. The van der Waals surface area contributed by atoms with Crippen molar-refractivity contribution in [2.24, 2.45) is 0 Å². The maximum atomic E-state index is 13.8. The van der Waals surface area contributed by atoms with E-state index in [0.29, 0.717) is 17.6 Å². The Hall–Kier alpha value is -4.10. The molecule has 0 aliphatic carbocycles. The van der Waals surface area contributed by atoms with Gasteiger partial charge in [-0.25, -0.2) is 13.8 Å². The van der Waals surface area contributed by atoms with Crippen LogP contribution < -0.4 is 5.32 Å². The Balaban J connectivity index is 1.85. The molecule has 3 aromatic heterocycles. The van der Waals surface area contributed by atoms with Gasteiger partial charge >= 0.3 is 6.18 Å². The minimum atomic E-state index is -4.66. The third-order valence-electron chi connectivity index (χ3n) is 5.22. The van der Waals surface area contributed by atoms with Crippen molar-refractivity contribution in [3.8, 4) is 11.4 Å². The molecule has 0 aromatic carbocycles. The second-order valence-electron chi connectivity index (χ2n) is 7.66. The highest BCUT2D eigenvalue weighted by Crippen LogP contribution is 2.32. The molecule has 9 nitrogen and oxygen atoms in total. The molecule has 0 atom stereocenters. The number of carbonyl (C=O) groups is 2. The van der Waals surface area contributed by atoms with Crippen molar-refractivity contribution < 1.29 is 31.5 Å². The second-order valence-corrected chi connectivity index (χ2v) is 7.66. The summed E-state index contributed by atoms with van der Waals surface area (Å²) in [5.41, 5.74) is -0.392. The van der Waals surface area contributed by atoms with Crippen LogP contribution in [0.5, 0.6) is 0 Å². The zero-order valence-electron chi connectivity index (χ0n) is 18.0. The molecule has 0 unspecified atom stereocenters. The molecule has 1 N–H and O–H groups in total. The number of pyridine rings is 1. The number of fused-ring (bicyclic) bond motifs is 1. The first kappa shape index (κ1) is 24.0. The quantitative estimate of drug-likeness (QED) is 0.549. The molecule has 14 heteroatoms. The summed E-state index contributed by atoms with van der Waals surface area (Å²) in [5.74, 6) is -2.36. The molecule has 0 bridgehead atoms. The first-order valence-corrected chi connectivity index (χ1v) is 10.3. The molecule has 1 aliphatic heterocycles. The number of nitrogens with one attached hydrogen (secondary N) is 1. The Morgan fingerprint density at radius 3 is 2.71 bits per heavy atom. The van der Waals surface area contributed by atoms with E-state index >= 15 is 0 Å². The highest BCUT2D eigenvalue weighted by Gasteiger charge is 2.31. The van der Waals surface area contributed by atoms with E-state index in [4.69, 9.17) is 0 Å². The van der Waals surface area contributed by atoms with Crippen LogP contribution in [0.4, 0.5) is 22.0 Å². The fourth-order valence-corrected chi connectivity index (χ4v) is 3.75. The van der Waals surface area contributed by atoms with E-state index in [1.807, 2.05) is 0 Å². The van der Waals surface area contributed by atoms with Gasteiger partial charge < -0.3 is 10.2 Å². The fourth-order valence-electron chi connectivity index (χ4n) is 3.75. The Kier molecular flexibility index (Phi) is 6.37. The molecule has 35 heavy (non-hydrogen) atoms. The van der Waals surface area contributed by atoms with Gasteiger partial charge in [0.1, 0.15) is 24.3 Å². The molecule has 1 fully saturated rings. The molecule has 1 saturated heterocycles. The summed E-state index contributed by atoms with van der Waals surface area (Å²) >= 11 is 0. The summed E-state index contributed by atoms with van der Waals surface area (Å²) < 4.78 is 68.2. The van der Waals surface area contributed by atoms with Crippen molar-refractivity contribution in [1.29, 1.82) is 0 Å². The van der Waals surface area contributed by atoms with Gasteiger partial charge in [0.05, 0.1) is 24.0 Å². The lowest BCUT2D eigenvalue weighted by Crippen LogP contribution is -2.37. The summed E-state index contributed by atoms with van der Waals surface area (Å²) in [7, 11) is 0. The van der Waals surface area contributed by atoms with Gasteiger partial charge in [-0.1, -0.05) is 6.58 Å². The lowest BCUT2D eigenvalue weighted by atomic mass is 10.2. The Labute approximate surface area is 194 Å². The van der Waals surface area contributed by atoms with Gasteiger partial charge in [-0.05, 0) is 12.5 Å². The monoisotopic (exact) mass is 495 g/mol. The van der Waals surface area contributed by atoms with Gasteiger partial charge in [0.2, 0.25) is 5.91 Å². The van der Waals surface area contributed by atoms with Crippen LogP contribution in [0.1, 0.15) is 22.7 Å². The van der Waals surface area contributed by atoms with Gasteiger partial charge in [0.15, 0.2) is 11.7 Å². The summed E-state index contributed by atoms with van der Waals surface area (Å²) in [5, 5.41) is 6.71. The van der Waals surface area contributed by atoms with E-state index in [-0.39, 0.29) is 59.1 Å². The van der Waals surface area contributed by atoms with Crippen LogP contribution in [-0.2, 0) is 11.3 Å². The molecular formula is C21H18F5N7O2. The van der Waals surface area contributed by atoms with Crippen LogP contribution in [0, 0.1) is 0 Å². The largest absolute Gasteiger partial charge is 0.408 e. The highest BCUT2D eigenvalue weighted by atomic mass is 19.4. The van der Waals surface area contributed by atoms with Crippen LogP contribution in [-0.4, -0.2) is 66.8 Å². The molecule has 0 radical (unpaired) electrons. The molecule has 4 rings (SSSR count). The summed E-state index contributed by atoms with van der Waals surface area (Å²) in [6.07, 6.45) is -0.995. The van der Waals surface area contributed by atoms with Crippen molar-refractivity contribution >= 4 is 34.7 Å². The van der Waals surface area contributed by atoms with Gasteiger partial charge in [0.25, 0.3) is 5.91 Å². The second kappa shape index (κ2) is 9.27. The molecular weight excluding hydrogens is 477 g/mol. The van der Waals surface area contributed by atoms with Crippen molar-refractivity contribution in [3.05, 3.63) is 42.9 Å². The first-order chi connectivity index (χ1) is 16.6. The number of alkyl halides is 3. The topological polar surface area (TPSA) is 97.9 Å². The average molecular weight is 495 g/mol. The Morgan fingerprint density at radius 2 is 2.03 bits per heavy atom. The molecule has 3 aromatic rings. The van der Waals surface area contributed by atoms with E-state index in [1.54, 1.807) is 0 Å². The molecule has 0 saturated carbocycles. The van der Waals surface area contributed by atoms with E-state index in [1.165, 1.54) is 4.90 Å². The fraction of sp³-hybridized carbons (Fsp3) is 0.286. The van der Waals surface area contributed by atoms with Gasteiger partial charge in [0, 0.05) is 30.9 Å². The number of hydrogen-bond donors (Lipinski definition) is 1. The maximum Gasteiger partial charge on any atom is 0.408 e. The zero-order valence-corrected chi connectivity index (χ0v) is 18.0. The van der Waals surface area contributed by atoms with E-state index in [9.17, 15) is 31.5 Å². The summed E-state index contributed by atoms with van der Waals surface area (Å²) in [6, 6.07) is 1.14. The van der Waals surface area contributed by atoms with Gasteiger partial charge in [-0.3, -0.25) is 23.8 Å². The van der Waals surface area contributed by atoms with E-state index in [0.717, 1.165) is 29.2 Å². The van der Waals surface area contributed by atoms with Crippen LogP contribution >= 0.6 is 0 Å². The summed E-state index contributed by atoms with van der Waals surface area (Å²) in [6.45, 7) is 2.06. The SMILES string of the molecule is C=C(F)c1ncc(-c2nn(CC(F)(F)F)c3cc(C(=O)N4CCCNC(=O)C4)ncc23)n1/C=C/F. The van der Waals surface area contributed by atoms with Crippen molar-refractivity contribution in [2.45, 2.75) is 19.1 Å². The maximum absolute atomic E-state index is 13.8. The Bertz CT molecular complexity index is 1340. The van der Waals surface area contributed by atoms with Crippen LogP contribution in [0.25, 0.3) is 34.3 Å². The number of aromatic nitrogens is 5. The number of carbonyl (C=O) groups excluding carboxylic acids is 2. The van der Waals surface area contributed by atoms with Crippen molar-refractivity contribution in [1.82, 2.24) is 34.5 Å². The lowest BCUT2D eigenvalue weighted by molar-refractivity contribution is -0.141. The van der Waals surface area contributed by atoms with E-state index in [2.05, 4.69) is 27.0 Å². The first-order valence-electron chi connectivity index (χ1n) is 10.3. The molecule has 1 aliphatic rings. The van der Waals surface area contributed by atoms with Gasteiger partial charge in [-0.2, -0.15) is 18.3 Å². The number of nitrogens with zero attached hydrogens (tertiary/aromatic N) is 6. The normalized spacial score (nSPS) is 15.0. The Morgan fingerprint density at radius 1 is 1.26 bits per heavy atom. The van der Waals surface area contributed by atoms with Crippen LogP contribution in [0.2, 0.25) is 0 Å². The van der Waals surface area contributed by atoms with E-state index < -0.39 is 24.5 Å². The highest BCUT2D eigenvalue weighted by molar-refractivity contribution is 6.00. The smallest absolute Gasteiger partial charge is 0.354 e. The number of halogens is 5. The number of amides is 2. The third kappa shape index (κ3) is 4.90. The average Bonchev–Trinajstić information content (AvgIpc) is 3.27. The van der Waals surface area contributed by atoms with Crippen LogP contribution in [0.3, 0.4) is 0 Å². The predicted octanol–water partition coefficient (Wildman–Crippen LogP) is 3.16. The summed E-state index contributed by atoms with van der Waals surface area (Å²) in [4.78, 5) is 33.9. The number of imidazole rings is 1. The molecule has 0 spiro atoms. The van der Waals surface area contributed by atoms with Crippen molar-refractivity contribution in [2.75, 3.05) is 19.6 Å². The minimum Gasteiger partial charge on any atom is -0.354 e. The van der Waals surface area contributed by atoms with Crippen LogP contribution in [0.15, 0.2) is 31.4 Å². The third-order valence-corrected chi connectivity index (χ3v) is 5.22. The lowest BCUT2D eigenvalue weighted by Gasteiger charge is -2.18. The standard InChI is InChI=1S/C21H18F5N7O2/c1-12(23)19-29-9-16(32(19)6-3-22)18-13-8-28-14(7-15(13)33(30-18)11-21(24,25)26)20(35)31-5-2-4-27-17(34)10-31/h3,6-9H,1-2,4-5,10-11H2,(H,27,34)/b6-3+.